The maximum atomic E-state index is 12.8. The molecule has 2 amide bonds. The fraction of sp³-hybridized carbons (Fsp3) is 0.556. The number of rotatable bonds is 3. The lowest BCUT2D eigenvalue weighted by Gasteiger charge is -2.30. The number of anilines is 1. The smallest absolute Gasteiger partial charge is 0.239 e. The molecule has 1 aromatic rings. The third-order valence-electron chi connectivity index (χ3n) is 4.43. The van der Waals surface area contributed by atoms with E-state index in [4.69, 9.17) is 0 Å². The molecule has 2 rings (SSSR count). The summed E-state index contributed by atoms with van der Waals surface area (Å²) in [6, 6.07) is 5.68. The van der Waals surface area contributed by atoms with Crippen LogP contribution in [0.1, 0.15) is 45.1 Å². The first-order valence-electron chi connectivity index (χ1n) is 8.19. The Morgan fingerprint density at radius 1 is 1.13 bits per heavy atom. The number of likely N-dealkylation sites (tertiary alicyclic amines) is 1. The molecule has 0 atom stereocenters. The number of hydrogen-bond donors (Lipinski definition) is 1. The molecule has 0 aromatic heterocycles. The van der Waals surface area contributed by atoms with Gasteiger partial charge in [0.1, 0.15) is 5.41 Å². The second-order valence-electron chi connectivity index (χ2n) is 6.74. The molecule has 0 spiro atoms. The number of nitrogens with one attached hydrogen (secondary N) is 1. The first kappa shape index (κ1) is 18.0. The lowest BCUT2D eigenvalue weighted by atomic mass is 9.90. The van der Waals surface area contributed by atoms with Gasteiger partial charge in [-0.2, -0.15) is 0 Å². The van der Waals surface area contributed by atoms with Gasteiger partial charge in [0.25, 0.3) is 0 Å². The van der Waals surface area contributed by atoms with Crippen molar-refractivity contribution in [2.45, 2.75) is 46.5 Å². The zero-order valence-corrected chi connectivity index (χ0v) is 15.7. The summed E-state index contributed by atoms with van der Waals surface area (Å²) in [6.07, 6.45) is 4.37. The molecule has 0 bridgehead atoms. The lowest BCUT2D eigenvalue weighted by Crippen LogP contribution is -2.47. The van der Waals surface area contributed by atoms with Crippen LogP contribution in [0.5, 0.6) is 0 Å². The van der Waals surface area contributed by atoms with Crippen molar-refractivity contribution in [3.8, 4) is 0 Å². The summed E-state index contributed by atoms with van der Waals surface area (Å²) in [6.45, 7) is 6.87. The average molecular weight is 381 g/mol. The van der Waals surface area contributed by atoms with Gasteiger partial charge in [-0.15, -0.1) is 0 Å². The molecule has 1 fully saturated rings. The Balaban J connectivity index is 2.10. The van der Waals surface area contributed by atoms with E-state index >= 15 is 0 Å². The number of benzene rings is 1. The molecule has 126 valence electrons. The summed E-state index contributed by atoms with van der Waals surface area (Å²) in [5.41, 5.74) is 0.643. The predicted molar refractivity (Wildman–Crippen MR) is 96.3 cm³/mol. The van der Waals surface area contributed by atoms with Gasteiger partial charge in [0.05, 0.1) is 0 Å². The molecule has 0 aliphatic carbocycles. The quantitative estimate of drug-likeness (QED) is 0.801. The Labute approximate surface area is 146 Å². The maximum absolute atomic E-state index is 12.8. The van der Waals surface area contributed by atoms with Crippen LogP contribution in [0.2, 0.25) is 0 Å². The Bertz CT molecular complexity index is 591. The van der Waals surface area contributed by atoms with Crippen LogP contribution >= 0.6 is 15.9 Å². The van der Waals surface area contributed by atoms with Gasteiger partial charge in [0.15, 0.2) is 0 Å². The maximum Gasteiger partial charge on any atom is 0.239 e. The molecule has 1 N–H and O–H groups in total. The summed E-state index contributed by atoms with van der Waals surface area (Å²) in [4.78, 5) is 27.3. The Kier molecular flexibility index (Phi) is 5.84. The normalized spacial score (nSPS) is 15.9. The van der Waals surface area contributed by atoms with Gasteiger partial charge < -0.3 is 10.2 Å². The molecule has 1 heterocycles. The summed E-state index contributed by atoms with van der Waals surface area (Å²) in [5, 5.41) is 2.91. The predicted octanol–water partition coefficient (Wildman–Crippen LogP) is 4.12. The minimum absolute atomic E-state index is 0.0772. The van der Waals surface area contributed by atoms with Gasteiger partial charge in [-0.05, 0) is 57.4 Å². The van der Waals surface area contributed by atoms with Crippen LogP contribution in [0.3, 0.4) is 0 Å². The number of aryl methyl sites for hydroxylation is 1. The zero-order valence-electron chi connectivity index (χ0n) is 14.1. The first-order chi connectivity index (χ1) is 10.8. The van der Waals surface area contributed by atoms with E-state index < -0.39 is 5.41 Å². The number of nitrogens with zero attached hydrogens (tertiary/aromatic N) is 1. The van der Waals surface area contributed by atoms with Gasteiger partial charge >= 0.3 is 0 Å². The third kappa shape index (κ3) is 4.34. The Morgan fingerprint density at radius 2 is 1.74 bits per heavy atom. The fourth-order valence-corrected chi connectivity index (χ4v) is 3.29. The van der Waals surface area contributed by atoms with Crippen LogP contribution in [0.25, 0.3) is 0 Å². The van der Waals surface area contributed by atoms with Crippen molar-refractivity contribution in [1.82, 2.24) is 4.90 Å². The molecule has 5 heteroatoms. The lowest BCUT2D eigenvalue weighted by molar-refractivity contribution is -0.146. The van der Waals surface area contributed by atoms with Gasteiger partial charge in [0, 0.05) is 23.2 Å². The van der Waals surface area contributed by atoms with Crippen LogP contribution in [0.15, 0.2) is 22.7 Å². The number of halogens is 1. The van der Waals surface area contributed by atoms with Crippen molar-refractivity contribution in [2.75, 3.05) is 18.4 Å². The highest BCUT2D eigenvalue weighted by atomic mass is 79.9. The molecule has 1 aromatic carbocycles. The molecule has 1 aliphatic rings. The molecule has 0 unspecified atom stereocenters. The van der Waals surface area contributed by atoms with Crippen LogP contribution < -0.4 is 5.32 Å². The molecule has 0 saturated carbocycles. The minimum Gasteiger partial charge on any atom is -0.342 e. The number of amides is 2. The Morgan fingerprint density at radius 3 is 2.30 bits per heavy atom. The number of hydrogen-bond acceptors (Lipinski definition) is 2. The highest BCUT2D eigenvalue weighted by molar-refractivity contribution is 9.10. The standard InChI is InChI=1S/C18H25BrN2O2/c1-13-12-14(19)8-9-15(13)20-16(22)18(2,3)17(23)21-10-6-4-5-7-11-21/h8-9,12H,4-7,10-11H2,1-3H3,(H,20,22). The third-order valence-corrected chi connectivity index (χ3v) is 4.93. The zero-order chi connectivity index (χ0) is 17.0. The van der Waals surface area contributed by atoms with E-state index in [2.05, 4.69) is 21.2 Å². The van der Waals surface area contributed by atoms with E-state index in [-0.39, 0.29) is 11.8 Å². The highest BCUT2D eigenvalue weighted by Gasteiger charge is 2.39. The number of carbonyl (C=O) groups is 2. The largest absolute Gasteiger partial charge is 0.342 e. The van der Waals surface area contributed by atoms with Crippen LogP contribution in [0.4, 0.5) is 5.69 Å². The van der Waals surface area contributed by atoms with Crippen molar-refractivity contribution in [1.29, 1.82) is 0 Å². The topological polar surface area (TPSA) is 49.4 Å². The fourth-order valence-electron chi connectivity index (χ4n) is 2.81. The van der Waals surface area contributed by atoms with E-state index in [0.29, 0.717) is 0 Å². The summed E-state index contributed by atoms with van der Waals surface area (Å²) in [5.74, 6) is -0.330. The summed E-state index contributed by atoms with van der Waals surface area (Å²) in [7, 11) is 0. The van der Waals surface area contributed by atoms with E-state index in [1.807, 2.05) is 30.0 Å². The minimum atomic E-state index is -1.07. The van der Waals surface area contributed by atoms with Crippen molar-refractivity contribution < 1.29 is 9.59 Å². The monoisotopic (exact) mass is 380 g/mol. The van der Waals surface area contributed by atoms with Gasteiger partial charge in [0.2, 0.25) is 11.8 Å². The first-order valence-corrected chi connectivity index (χ1v) is 8.98. The second-order valence-corrected chi connectivity index (χ2v) is 7.66. The molecule has 1 aliphatic heterocycles. The Hall–Kier alpha value is -1.36. The van der Waals surface area contributed by atoms with Gasteiger partial charge in [-0.25, -0.2) is 0 Å². The SMILES string of the molecule is Cc1cc(Br)ccc1NC(=O)C(C)(C)C(=O)N1CCCCCC1. The van der Waals surface area contributed by atoms with Crippen molar-refractivity contribution in [2.24, 2.45) is 5.41 Å². The van der Waals surface area contributed by atoms with Crippen LogP contribution in [0, 0.1) is 12.3 Å². The van der Waals surface area contributed by atoms with Crippen LogP contribution in [-0.4, -0.2) is 29.8 Å². The molecule has 4 nitrogen and oxygen atoms in total. The molecule has 0 radical (unpaired) electrons. The van der Waals surface area contributed by atoms with E-state index in [0.717, 1.165) is 54.5 Å². The summed E-state index contributed by atoms with van der Waals surface area (Å²) >= 11 is 3.41. The molecule has 1 saturated heterocycles. The van der Waals surface area contributed by atoms with Crippen molar-refractivity contribution >= 4 is 33.4 Å². The van der Waals surface area contributed by atoms with Gasteiger partial charge in [-0.3, -0.25) is 9.59 Å². The van der Waals surface area contributed by atoms with Gasteiger partial charge in [-0.1, -0.05) is 28.8 Å². The molecular weight excluding hydrogens is 356 g/mol. The van der Waals surface area contributed by atoms with E-state index in [9.17, 15) is 9.59 Å². The highest BCUT2D eigenvalue weighted by Crippen LogP contribution is 2.26. The van der Waals surface area contributed by atoms with E-state index in [1.54, 1.807) is 13.8 Å². The second kappa shape index (κ2) is 7.47. The summed E-state index contributed by atoms with van der Waals surface area (Å²) < 4.78 is 0.966. The van der Waals surface area contributed by atoms with Crippen molar-refractivity contribution in [3.05, 3.63) is 28.2 Å². The van der Waals surface area contributed by atoms with Crippen LogP contribution in [-0.2, 0) is 9.59 Å². The van der Waals surface area contributed by atoms with Crippen molar-refractivity contribution in [3.63, 3.8) is 0 Å². The molecular formula is C18H25BrN2O2. The van der Waals surface area contributed by atoms with E-state index in [1.165, 1.54) is 0 Å². The molecule has 23 heavy (non-hydrogen) atoms. The average Bonchev–Trinajstić information content (AvgIpc) is 2.78. The number of carbonyl (C=O) groups excluding carboxylic acids is 2.